The molecule has 4 nitrogen and oxygen atoms in total. The van der Waals surface area contributed by atoms with E-state index in [1.165, 1.54) is 5.69 Å². The fourth-order valence-electron chi connectivity index (χ4n) is 2.59. The molecule has 5 heteroatoms. The minimum absolute atomic E-state index is 0.0524. The Morgan fingerprint density at radius 3 is 2.94 bits per heavy atom. The summed E-state index contributed by atoms with van der Waals surface area (Å²) in [4.78, 5) is 2.49. The highest BCUT2D eigenvalue weighted by Crippen LogP contribution is 2.22. The van der Waals surface area contributed by atoms with Crippen LogP contribution in [0.25, 0.3) is 0 Å². The number of hydrogen-bond donors (Lipinski definition) is 0. The molecule has 0 amide bonds. The molecule has 1 aliphatic rings. The molecular formula is C13H22BrN3O. The summed E-state index contributed by atoms with van der Waals surface area (Å²) in [5.74, 6) is 0. The van der Waals surface area contributed by atoms with Gasteiger partial charge in [-0.1, -0.05) is 15.9 Å². The number of alkyl halides is 1. The van der Waals surface area contributed by atoms with Crippen molar-refractivity contribution >= 4 is 15.9 Å². The van der Waals surface area contributed by atoms with Gasteiger partial charge in [-0.25, -0.2) is 0 Å². The lowest BCUT2D eigenvalue weighted by Gasteiger charge is -2.42. The van der Waals surface area contributed by atoms with Gasteiger partial charge in [0.05, 0.1) is 11.7 Å². The number of nitrogens with zero attached hydrogens (tertiary/aromatic N) is 3. The van der Waals surface area contributed by atoms with Crippen LogP contribution in [0.4, 0.5) is 0 Å². The molecule has 0 bridgehead atoms. The average Bonchev–Trinajstić information content (AvgIpc) is 2.70. The first-order chi connectivity index (χ1) is 8.50. The van der Waals surface area contributed by atoms with E-state index in [-0.39, 0.29) is 5.60 Å². The van der Waals surface area contributed by atoms with Gasteiger partial charge in [-0.2, -0.15) is 5.10 Å². The van der Waals surface area contributed by atoms with Gasteiger partial charge in [0.25, 0.3) is 0 Å². The minimum Gasteiger partial charge on any atom is -0.369 e. The van der Waals surface area contributed by atoms with Crippen LogP contribution in [-0.4, -0.2) is 51.3 Å². The molecule has 102 valence electrons. The number of hydrogen-bond acceptors (Lipinski definition) is 3. The van der Waals surface area contributed by atoms with E-state index in [1.54, 1.807) is 0 Å². The molecule has 2 rings (SSSR count). The molecule has 1 saturated heterocycles. The van der Waals surface area contributed by atoms with E-state index in [0.717, 1.165) is 31.4 Å². The minimum atomic E-state index is -0.0524. The number of morpholine rings is 1. The van der Waals surface area contributed by atoms with Crippen molar-refractivity contribution in [1.82, 2.24) is 14.7 Å². The second-order valence-electron chi connectivity index (χ2n) is 5.59. The zero-order valence-corrected chi connectivity index (χ0v) is 13.0. The number of rotatable bonds is 4. The highest BCUT2D eigenvalue weighted by atomic mass is 79.9. The molecule has 1 unspecified atom stereocenters. The molecule has 0 saturated carbocycles. The summed E-state index contributed by atoms with van der Waals surface area (Å²) in [5.41, 5.74) is 1.23. The Morgan fingerprint density at radius 1 is 1.56 bits per heavy atom. The molecule has 0 radical (unpaired) electrons. The Kier molecular flexibility index (Phi) is 4.45. The van der Waals surface area contributed by atoms with Crippen molar-refractivity contribution in [2.75, 3.05) is 25.0 Å². The summed E-state index contributed by atoms with van der Waals surface area (Å²) < 4.78 is 7.96. The lowest BCUT2D eigenvalue weighted by Crippen LogP contribution is -2.53. The molecule has 1 aromatic rings. The van der Waals surface area contributed by atoms with E-state index in [0.29, 0.717) is 6.10 Å². The van der Waals surface area contributed by atoms with Crippen LogP contribution in [0.5, 0.6) is 0 Å². The van der Waals surface area contributed by atoms with Crippen LogP contribution in [0.15, 0.2) is 12.3 Å². The normalized spacial score (nSPS) is 24.3. The monoisotopic (exact) mass is 315 g/mol. The van der Waals surface area contributed by atoms with Crippen LogP contribution in [0.2, 0.25) is 0 Å². The standard InChI is InChI=1S/C13H22BrN3O/c1-13(2)10-17(9-12(8-14)18-13)7-5-11-4-6-15-16(11)3/h4,6,12H,5,7-10H2,1-3H3. The van der Waals surface area contributed by atoms with Crippen LogP contribution in [-0.2, 0) is 18.2 Å². The highest BCUT2D eigenvalue weighted by molar-refractivity contribution is 9.09. The molecule has 18 heavy (non-hydrogen) atoms. The Morgan fingerprint density at radius 2 is 2.33 bits per heavy atom. The molecule has 1 fully saturated rings. The summed E-state index contributed by atoms with van der Waals surface area (Å²) in [6, 6.07) is 2.09. The van der Waals surface area contributed by atoms with Gasteiger partial charge in [-0.15, -0.1) is 0 Å². The summed E-state index contributed by atoms with van der Waals surface area (Å²) in [5, 5.41) is 5.11. The molecule has 2 heterocycles. The van der Waals surface area contributed by atoms with Crippen LogP contribution in [0.3, 0.4) is 0 Å². The van der Waals surface area contributed by atoms with Crippen molar-refractivity contribution in [2.24, 2.45) is 7.05 Å². The van der Waals surface area contributed by atoms with E-state index in [4.69, 9.17) is 4.74 Å². The third-order valence-corrected chi connectivity index (χ3v) is 4.05. The quantitative estimate of drug-likeness (QED) is 0.794. The van der Waals surface area contributed by atoms with Crippen LogP contribution >= 0.6 is 15.9 Å². The van der Waals surface area contributed by atoms with Gasteiger partial charge in [0.1, 0.15) is 0 Å². The van der Waals surface area contributed by atoms with E-state index >= 15 is 0 Å². The smallest absolute Gasteiger partial charge is 0.0806 e. The predicted molar refractivity (Wildman–Crippen MR) is 76.1 cm³/mol. The largest absolute Gasteiger partial charge is 0.369 e. The van der Waals surface area contributed by atoms with Crippen molar-refractivity contribution in [2.45, 2.75) is 32.0 Å². The molecule has 1 aromatic heterocycles. The second kappa shape index (κ2) is 5.72. The van der Waals surface area contributed by atoms with Gasteiger partial charge in [0.2, 0.25) is 0 Å². The fraction of sp³-hybridized carbons (Fsp3) is 0.769. The molecule has 1 aliphatic heterocycles. The van der Waals surface area contributed by atoms with Gasteiger partial charge >= 0.3 is 0 Å². The number of aryl methyl sites for hydroxylation is 1. The van der Waals surface area contributed by atoms with E-state index in [2.05, 4.69) is 45.8 Å². The topological polar surface area (TPSA) is 30.3 Å². The average molecular weight is 316 g/mol. The SMILES string of the molecule is Cn1nccc1CCN1CC(CBr)OC(C)(C)C1. The van der Waals surface area contributed by atoms with Crippen LogP contribution < -0.4 is 0 Å². The Balaban J connectivity index is 1.90. The zero-order chi connectivity index (χ0) is 13.2. The van der Waals surface area contributed by atoms with E-state index in [9.17, 15) is 0 Å². The summed E-state index contributed by atoms with van der Waals surface area (Å²) in [7, 11) is 2.00. The van der Waals surface area contributed by atoms with Gasteiger partial charge in [0.15, 0.2) is 0 Å². The van der Waals surface area contributed by atoms with Crippen LogP contribution in [0, 0.1) is 0 Å². The van der Waals surface area contributed by atoms with Crippen molar-refractivity contribution in [3.05, 3.63) is 18.0 Å². The first-order valence-corrected chi connectivity index (χ1v) is 7.55. The maximum absolute atomic E-state index is 6.01. The predicted octanol–water partition coefficient (Wildman–Crippen LogP) is 1.84. The van der Waals surface area contributed by atoms with E-state index < -0.39 is 0 Å². The molecule has 0 N–H and O–H groups in total. The highest BCUT2D eigenvalue weighted by Gasteiger charge is 2.32. The van der Waals surface area contributed by atoms with Gasteiger partial charge in [-0.05, 0) is 19.9 Å². The molecule has 0 aliphatic carbocycles. The Hall–Kier alpha value is -0.390. The maximum Gasteiger partial charge on any atom is 0.0806 e. The molecule has 1 atom stereocenters. The first-order valence-electron chi connectivity index (χ1n) is 6.43. The maximum atomic E-state index is 6.01. The van der Waals surface area contributed by atoms with Gasteiger partial charge < -0.3 is 4.74 Å². The zero-order valence-electron chi connectivity index (χ0n) is 11.4. The number of aromatic nitrogens is 2. The number of halogens is 1. The van der Waals surface area contributed by atoms with Gasteiger partial charge in [-0.3, -0.25) is 9.58 Å². The van der Waals surface area contributed by atoms with Crippen molar-refractivity contribution in [3.8, 4) is 0 Å². The lowest BCUT2D eigenvalue weighted by molar-refractivity contribution is -0.126. The number of ether oxygens (including phenoxy) is 1. The summed E-state index contributed by atoms with van der Waals surface area (Å²) in [6.07, 6.45) is 3.20. The molecule has 0 spiro atoms. The van der Waals surface area contributed by atoms with Crippen molar-refractivity contribution < 1.29 is 4.74 Å². The van der Waals surface area contributed by atoms with Crippen molar-refractivity contribution in [3.63, 3.8) is 0 Å². The third-order valence-electron chi connectivity index (χ3n) is 3.33. The Labute approximate surface area is 117 Å². The fourth-order valence-corrected chi connectivity index (χ4v) is 2.92. The second-order valence-corrected chi connectivity index (χ2v) is 6.23. The van der Waals surface area contributed by atoms with Crippen LogP contribution in [0.1, 0.15) is 19.5 Å². The molecular weight excluding hydrogens is 294 g/mol. The van der Waals surface area contributed by atoms with Gasteiger partial charge in [0, 0.05) is 50.3 Å². The first kappa shape index (κ1) is 14.0. The van der Waals surface area contributed by atoms with E-state index in [1.807, 2.05) is 17.9 Å². The van der Waals surface area contributed by atoms with Crippen molar-refractivity contribution in [1.29, 1.82) is 0 Å². The molecule has 0 aromatic carbocycles. The Bertz CT molecular complexity index is 391. The summed E-state index contributed by atoms with van der Waals surface area (Å²) in [6.45, 7) is 7.40. The third kappa shape index (κ3) is 3.56. The lowest BCUT2D eigenvalue weighted by atomic mass is 10.1. The summed E-state index contributed by atoms with van der Waals surface area (Å²) >= 11 is 3.53.